The molecule has 1 amide bonds. The Balaban J connectivity index is 1.61. The fraction of sp³-hybridized carbons (Fsp3) is 0.450. The molecular weight excluding hydrogens is 370 g/mol. The first-order chi connectivity index (χ1) is 14.1. The van der Waals surface area contributed by atoms with Crippen molar-refractivity contribution in [3.8, 4) is 0 Å². The Bertz CT molecular complexity index is 1050. The molecule has 3 heterocycles. The summed E-state index contributed by atoms with van der Waals surface area (Å²) >= 11 is 0. The average molecular weight is 395 g/mol. The Hall–Kier alpha value is -3.23. The van der Waals surface area contributed by atoms with Gasteiger partial charge >= 0.3 is 0 Å². The summed E-state index contributed by atoms with van der Waals surface area (Å²) in [5.41, 5.74) is 5.58. The normalized spacial score (nSPS) is 14.9. The van der Waals surface area contributed by atoms with Crippen molar-refractivity contribution in [1.29, 1.82) is 0 Å². The number of carbonyl (C=O) groups is 1. The lowest BCUT2D eigenvalue weighted by Crippen LogP contribution is -2.27. The zero-order chi connectivity index (χ0) is 20.2. The molecule has 9 nitrogen and oxygen atoms in total. The molecule has 4 rings (SSSR count). The molecule has 1 fully saturated rings. The molecule has 0 saturated heterocycles. The fourth-order valence-electron chi connectivity index (χ4n) is 3.91. The quantitative estimate of drug-likeness (QED) is 0.591. The van der Waals surface area contributed by atoms with E-state index in [-0.39, 0.29) is 11.6 Å². The second-order valence-corrected chi connectivity index (χ2v) is 7.45. The Kier molecular flexibility index (Phi) is 5.55. The van der Waals surface area contributed by atoms with Gasteiger partial charge in [-0.25, -0.2) is 9.97 Å². The summed E-state index contributed by atoms with van der Waals surface area (Å²) in [5, 5.41) is 3.55. The number of nitrogens with zero attached hydrogens (tertiary/aromatic N) is 5. The highest BCUT2D eigenvalue weighted by Crippen LogP contribution is 2.30. The molecule has 1 saturated carbocycles. The Morgan fingerprint density at radius 1 is 1.28 bits per heavy atom. The topological polar surface area (TPSA) is 121 Å². The molecule has 0 unspecified atom stereocenters. The van der Waals surface area contributed by atoms with Gasteiger partial charge in [-0.3, -0.25) is 9.59 Å². The minimum Gasteiger partial charge on any atom is -0.365 e. The van der Waals surface area contributed by atoms with Crippen LogP contribution in [0.25, 0.3) is 11.0 Å². The number of hydrogen-bond acceptors (Lipinski definition) is 6. The Labute approximate surface area is 168 Å². The van der Waals surface area contributed by atoms with Gasteiger partial charge in [0.05, 0.1) is 11.7 Å². The molecule has 0 aromatic carbocycles. The van der Waals surface area contributed by atoms with Crippen LogP contribution in [0.4, 0.5) is 5.95 Å². The van der Waals surface area contributed by atoms with E-state index in [2.05, 4.69) is 20.3 Å². The van der Waals surface area contributed by atoms with Crippen molar-refractivity contribution in [3.63, 3.8) is 0 Å². The number of rotatable bonds is 7. The molecule has 1 aliphatic rings. The van der Waals surface area contributed by atoms with Crippen molar-refractivity contribution in [2.24, 2.45) is 5.73 Å². The monoisotopic (exact) mass is 395 g/mol. The summed E-state index contributed by atoms with van der Waals surface area (Å²) in [7, 11) is 0. The predicted molar refractivity (Wildman–Crippen MR) is 110 cm³/mol. The van der Waals surface area contributed by atoms with Crippen LogP contribution in [0.5, 0.6) is 0 Å². The lowest BCUT2D eigenvalue weighted by atomic mass is 9.95. The maximum Gasteiger partial charge on any atom is 0.254 e. The van der Waals surface area contributed by atoms with Crippen LogP contribution in [0.3, 0.4) is 0 Å². The minimum absolute atomic E-state index is 0.00675. The number of aromatic nitrogens is 5. The molecule has 0 spiro atoms. The zero-order valence-corrected chi connectivity index (χ0v) is 16.3. The van der Waals surface area contributed by atoms with Gasteiger partial charge in [0.15, 0.2) is 0 Å². The smallest absolute Gasteiger partial charge is 0.254 e. The molecule has 29 heavy (non-hydrogen) atoms. The maximum atomic E-state index is 12.7. The number of fused-ring (bicyclic) bond motifs is 1. The summed E-state index contributed by atoms with van der Waals surface area (Å²) in [6, 6.07) is 0.203. The lowest BCUT2D eigenvalue weighted by Gasteiger charge is -2.26. The Morgan fingerprint density at radius 3 is 2.83 bits per heavy atom. The van der Waals surface area contributed by atoms with Gasteiger partial charge in [-0.1, -0.05) is 19.3 Å². The van der Waals surface area contributed by atoms with E-state index in [1.807, 2.05) is 15.3 Å². The second kappa shape index (κ2) is 8.42. The van der Waals surface area contributed by atoms with Crippen LogP contribution < -0.4 is 16.5 Å². The number of anilines is 1. The third kappa shape index (κ3) is 4.13. The van der Waals surface area contributed by atoms with Gasteiger partial charge < -0.3 is 20.2 Å². The van der Waals surface area contributed by atoms with Gasteiger partial charge in [-0.15, -0.1) is 0 Å². The van der Waals surface area contributed by atoms with Crippen molar-refractivity contribution >= 4 is 22.9 Å². The first-order valence-corrected chi connectivity index (χ1v) is 10.0. The van der Waals surface area contributed by atoms with E-state index < -0.39 is 11.3 Å². The van der Waals surface area contributed by atoms with Crippen LogP contribution in [0.1, 0.15) is 54.9 Å². The van der Waals surface area contributed by atoms with Crippen LogP contribution in [-0.4, -0.2) is 36.5 Å². The number of pyridine rings is 1. The van der Waals surface area contributed by atoms with Crippen molar-refractivity contribution < 1.29 is 4.79 Å². The highest BCUT2D eigenvalue weighted by atomic mass is 16.2. The molecular formula is C20H25N7O2. The molecule has 0 radical (unpaired) electrons. The van der Waals surface area contributed by atoms with Gasteiger partial charge in [0, 0.05) is 43.9 Å². The number of nitrogens with one attached hydrogen (secondary N) is 1. The lowest BCUT2D eigenvalue weighted by molar-refractivity contribution is 0.0998. The van der Waals surface area contributed by atoms with E-state index in [0.717, 1.165) is 38.6 Å². The largest absolute Gasteiger partial charge is 0.365 e. The molecule has 1 aliphatic carbocycles. The molecule has 152 valence electrons. The standard InChI is InChI=1S/C20H25N7O2/c21-18(29)16-12-27(14-5-2-1-3-6-14)19-15(17(16)28)11-24-20(25-19)23-7-4-9-26-10-8-22-13-26/h8,10-14H,1-7,9H2,(H2,21,29)(H,23,24,25). The summed E-state index contributed by atoms with van der Waals surface area (Å²) in [6.45, 7) is 1.53. The molecule has 3 N–H and O–H groups in total. The highest BCUT2D eigenvalue weighted by Gasteiger charge is 2.21. The van der Waals surface area contributed by atoms with Crippen molar-refractivity contribution in [2.45, 2.75) is 51.1 Å². The van der Waals surface area contributed by atoms with Gasteiger partial charge in [0.1, 0.15) is 11.2 Å². The Morgan fingerprint density at radius 2 is 2.10 bits per heavy atom. The number of hydrogen-bond donors (Lipinski definition) is 2. The first-order valence-electron chi connectivity index (χ1n) is 10.0. The van der Waals surface area contributed by atoms with E-state index in [4.69, 9.17) is 5.73 Å². The molecule has 0 bridgehead atoms. The molecule has 9 heteroatoms. The van der Waals surface area contributed by atoms with Gasteiger partial charge in [-0.05, 0) is 19.3 Å². The first kappa shape index (κ1) is 19.1. The number of aryl methyl sites for hydroxylation is 1. The van der Waals surface area contributed by atoms with Crippen molar-refractivity contribution in [1.82, 2.24) is 24.1 Å². The molecule has 3 aromatic rings. The van der Waals surface area contributed by atoms with Crippen LogP contribution in [0, 0.1) is 0 Å². The summed E-state index contributed by atoms with van der Waals surface area (Å²) in [6.07, 6.45) is 14.9. The third-order valence-corrected chi connectivity index (χ3v) is 5.44. The number of carbonyl (C=O) groups excluding carboxylic acids is 1. The van der Waals surface area contributed by atoms with Crippen molar-refractivity contribution in [2.75, 3.05) is 11.9 Å². The van der Waals surface area contributed by atoms with Gasteiger partial charge in [-0.2, -0.15) is 4.98 Å². The van der Waals surface area contributed by atoms with Gasteiger partial charge in [0.25, 0.3) is 5.91 Å². The maximum absolute atomic E-state index is 12.7. The summed E-state index contributed by atoms with van der Waals surface area (Å²) in [4.78, 5) is 37.4. The van der Waals surface area contributed by atoms with Crippen LogP contribution in [0.15, 0.2) is 35.9 Å². The third-order valence-electron chi connectivity index (χ3n) is 5.44. The highest BCUT2D eigenvalue weighted by molar-refractivity contribution is 5.95. The minimum atomic E-state index is -0.719. The van der Waals surface area contributed by atoms with E-state index in [9.17, 15) is 9.59 Å². The van der Waals surface area contributed by atoms with Crippen LogP contribution >= 0.6 is 0 Å². The summed E-state index contributed by atoms with van der Waals surface area (Å²) < 4.78 is 3.96. The molecule has 0 atom stereocenters. The predicted octanol–water partition coefficient (Wildman–Crippen LogP) is 2.09. The number of primary amides is 1. The second-order valence-electron chi connectivity index (χ2n) is 7.45. The molecule has 0 aliphatic heterocycles. The zero-order valence-electron chi connectivity index (χ0n) is 16.3. The van der Waals surface area contributed by atoms with E-state index >= 15 is 0 Å². The SMILES string of the molecule is NC(=O)c1cn(C2CCCCC2)c2nc(NCCCn3ccnc3)ncc2c1=O. The fourth-order valence-corrected chi connectivity index (χ4v) is 3.91. The van der Waals surface area contributed by atoms with Crippen LogP contribution in [0.2, 0.25) is 0 Å². The van der Waals surface area contributed by atoms with E-state index in [0.29, 0.717) is 23.5 Å². The van der Waals surface area contributed by atoms with E-state index in [1.54, 1.807) is 18.7 Å². The number of nitrogens with two attached hydrogens (primary N) is 1. The van der Waals surface area contributed by atoms with Gasteiger partial charge in [0.2, 0.25) is 11.4 Å². The van der Waals surface area contributed by atoms with Crippen molar-refractivity contribution in [3.05, 3.63) is 46.9 Å². The average Bonchev–Trinajstić information content (AvgIpc) is 3.25. The number of imidazole rings is 1. The number of amides is 1. The van der Waals surface area contributed by atoms with E-state index in [1.165, 1.54) is 12.6 Å². The van der Waals surface area contributed by atoms with Crippen LogP contribution in [-0.2, 0) is 6.54 Å². The summed E-state index contributed by atoms with van der Waals surface area (Å²) in [5.74, 6) is -0.248. The molecule has 3 aromatic heterocycles.